The molecule has 1 aromatic carbocycles. The Balaban J connectivity index is 3.07. The molecule has 0 aliphatic rings. The highest BCUT2D eigenvalue weighted by Crippen LogP contribution is 2.13. The fraction of sp³-hybridized carbons (Fsp3) is 0.100. The molecule has 0 saturated heterocycles. The molecule has 0 aliphatic heterocycles. The van der Waals surface area contributed by atoms with Gasteiger partial charge >= 0.3 is 0 Å². The van der Waals surface area contributed by atoms with Crippen molar-refractivity contribution in [1.29, 1.82) is 0 Å². The van der Waals surface area contributed by atoms with Gasteiger partial charge in [-0.05, 0) is 18.2 Å². The van der Waals surface area contributed by atoms with Crippen molar-refractivity contribution in [2.24, 2.45) is 5.14 Å². The van der Waals surface area contributed by atoms with E-state index in [4.69, 9.17) is 16.7 Å². The quantitative estimate of drug-likeness (QED) is 0.866. The smallest absolute Gasteiger partial charge is 0.251 e. The van der Waals surface area contributed by atoms with Crippen LogP contribution in [0.4, 0.5) is 4.39 Å². The molecular weight excluding hydrogens is 283 g/mol. The van der Waals surface area contributed by atoms with E-state index in [0.29, 0.717) is 0 Å². The topological polar surface area (TPSA) is 89.3 Å². The lowest BCUT2D eigenvalue weighted by Gasteiger charge is -2.06. The number of carbonyl (C=O) groups is 1. The molecule has 0 heterocycles. The Hall–Kier alpha value is -1.44. The Morgan fingerprint density at radius 3 is 2.56 bits per heavy atom. The number of hydrogen-bond acceptors (Lipinski definition) is 3. The van der Waals surface area contributed by atoms with E-state index >= 15 is 0 Å². The maximum Gasteiger partial charge on any atom is 0.251 e. The van der Waals surface area contributed by atoms with Gasteiger partial charge < -0.3 is 5.32 Å². The summed E-state index contributed by atoms with van der Waals surface area (Å²) in [4.78, 5) is 11.1. The molecule has 0 radical (unpaired) electrons. The molecule has 0 saturated carbocycles. The molecule has 0 aromatic heterocycles. The number of amides is 1. The minimum absolute atomic E-state index is 0.0123. The molecule has 1 aromatic rings. The third-order valence-corrected chi connectivity index (χ3v) is 2.93. The lowest BCUT2D eigenvalue weighted by molar-refractivity contribution is 0.0957. The predicted molar refractivity (Wildman–Crippen MR) is 65.1 cm³/mol. The van der Waals surface area contributed by atoms with Crippen LogP contribution in [0.2, 0.25) is 0 Å². The molecule has 0 aliphatic carbocycles. The maximum atomic E-state index is 13.2. The number of carbonyl (C=O) groups excluding carboxylic acids is 1. The van der Waals surface area contributed by atoms with E-state index < -0.39 is 26.6 Å². The van der Waals surface area contributed by atoms with Crippen molar-refractivity contribution in [2.45, 2.75) is 4.90 Å². The van der Waals surface area contributed by atoms with Gasteiger partial charge in [-0.3, -0.25) is 4.79 Å². The van der Waals surface area contributed by atoms with E-state index in [1.165, 1.54) is 0 Å². The average Bonchev–Trinajstić information content (AvgIpc) is 2.23. The van der Waals surface area contributed by atoms with Gasteiger partial charge in [0.1, 0.15) is 5.82 Å². The Bertz CT molecular complexity index is 601. The van der Waals surface area contributed by atoms with Crippen LogP contribution in [0.5, 0.6) is 0 Å². The molecule has 98 valence electrons. The largest absolute Gasteiger partial charge is 0.347 e. The van der Waals surface area contributed by atoms with Crippen LogP contribution >= 0.6 is 11.6 Å². The average molecular weight is 293 g/mol. The first-order chi connectivity index (χ1) is 8.20. The van der Waals surface area contributed by atoms with Crippen molar-refractivity contribution >= 4 is 27.5 Å². The zero-order valence-electron chi connectivity index (χ0n) is 9.11. The molecule has 5 nitrogen and oxygen atoms in total. The van der Waals surface area contributed by atoms with Gasteiger partial charge in [0, 0.05) is 10.6 Å². The van der Waals surface area contributed by atoms with Gasteiger partial charge in [-0.25, -0.2) is 17.9 Å². The van der Waals surface area contributed by atoms with Crippen LogP contribution in [-0.4, -0.2) is 20.9 Å². The fourth-order valence-corrected chi connectivity index (χ4v) is 1.77. The molecule has 8 heteroatoms. The summed E-state index contributed by atoms with van der Waals surface area (Å²) >= 11 is 5.45. The number of primary sulfonamides is 1. The van der Waals surface area contributed by atoms with E-state index in [1.54, 1.807) is 0 Å². The van der Waals surface area contributed by atoms with Crippen LogP contribution in [0.1, 0.15) is 10.4 Å². The van der Waals surface area contributed by atoms with Gasteiger partial charge in [-0.2, -0.15) is 0 Å². The normalized spacial score (nSPS) is 11.1. The van der Waals surface area contributed by atoms with Crippen LogP contribution in [0.25, 0.3) is 0 Å². The maximum absolute atomic E-state index is 13.2. The molecule has 0 spiro atoms. The summed E-state index contributed by atoms with van der Waals surface area (Å²) in [6, 6.07) is 2.60. The molecule has 0 bridgehead atoms. The Morgan fingerprint density at radius 2 is 2.06 bits per heavy atom. The molecule has 18 heavy (non-hydrogen) atoms. The van der Waals surface area contributed by atoms with Crippen molar-refractivity contribution in [3.05, 3.63) is 41.2 Å². The molecule has 1 amide bonds. The summed E-state index contributed by atoms with van der Waals surface area (Å²) < 4.78 is 35.3. The van der Waals surface area contributed by atoms with Crippen LogP contribution in [-0.2, 0) is 10.0 Å². The van der Waals surface area contributed by atoms with Gasteiger partial charge in [-0.1, -0.05) is 18.2 Å². The number of sulfonamides is 1. The summed E-state index contributed by atoms with van der Waals surface area (Å²) in [5.41, 5.74) is -0.169. The van der Waals surface area contributed by atoms with Crippen molar-refractivity contribution in [1.82, 2.24) is 5.32 Å². The first-order valence-electron chi connectivity index (χ1n) is 4.65. The zero-order chi connectivity index (χ0) is 13.9. The Kier molecular flexibility index (Phi) is 4.44. The fourth-order valence-electron chi connectivity index (χ4n) is 1.14. The number of halogens is 2. The van der Waals surface area contributed by atoms with Crippen molar-refractivity contribution in [3.63, 3.8) is 0 Å². The minimum Gasteiger partial charge on any atom is -0.347 e. The Morgan fingerprint density at radius 1 is 1.44 bits per heavy atom. The number of nitrogens with two attached hydrogens (primary N) is 1. The van der Waals surface area contributed by atoms with Crippen molar-refractivity contribution in [2.75, 3.05) is 6.54 Å². The second-order valence-corrected chi connectivity index (χ2v) is 5.52. The standard InChI is InChI=1S/C10H10ClFN2O3S/c1-6(11)5-14-10(15)7-2-8(12)4-9(3-7)18(13,16)17/h2-4H,1,5H2,(H,14,15)(H2,13,16,17). The summed E-state index contributed by atoms with van der Waals surface area (Å²) in [6.45, 7) is 3.34. The zero-order valence-corrected chi connectivity index (χ0v) is 10.7. The van der Waals surface area contributed by atoms with E-state index in [1.807, 2.05) is 0 Å². The summed E-state index contributed by atoms with van der Waals surface area (Å²) in [5, 5.41) is 7.37. The predicted octanol–water partition coefficient (Wildman–Crippen LogP) is 0.955. The first-order valence-corrected chi connectivity index (χ1v) is 6.57. The van der Waals surface area contributed by atoms with Crippen molar-refractivity contribution < 1.29 is 17.6 Å². The van der Waals surface area contributed by atoms with E-state index in [9.17, 15) is 17.6 Å². The van der Waals surface area contributed by atoms with E-state index in [2.05, 4.69) is 11.9 Å². The summed E-state index contributed by atoms with van der Waals surface area (Å²) in [6.07, 6.45) is 0. The molecule has 3 N–H and O–H groups in total. The number of nitrogens with one attached hydrogen (secondary N) is 1. The van der Waals surface area contributed by atoms with Gasteiger partial charge in [0.2, 0.25) is 10.0 Å². The number of benzene rings is 1. The minimum atomic E-state index is -4.08. The summed E-state index contributed by atoms with van der Waals surface area (Å²) in [5.74, 6) is -1.56. The third kappa shape index (κ3) is 4.10. The van der Waals surface area contributed by atoms with Gasteiger partial charge in [0.25, 0.3) is 5.91 Å². The van der Waals surface area contributed by atoms with Gasteiger partial charge in [0.05, 0.1) is 11.4 Å². The highest BCUT2D eigenvalue weighted by molar-refractivity contribution is 7.89. The molecule has 0 fully saturated rings. The van der Waals surface area contributed by atoms with Gasteiger partial charge in [0.15, 0.2) is 0 Å². The lowest BCUT2D eigenvalue weighted by Crippen LogP contribution is -2.25. The SMILES string of the molecule is C=C(Cl)CNC(=O)c1cc(F)cc(S(N)(=O)=O)c1. The monoisotopic (exact) mass is 292 g/mol. The van der Waals surface area contributed by atoms with Crippen molar-refractivity contribution in [3.8, 4) is 0 Å². The number of hydrogen-bond donors (Lipinski definition) is 2. The van der Waals surface area contributed by atoms with Crippen LogP contribution in [0.15, 0.2) is 34.7 Å². The first kappa shape index (κ1) is 14.6. The lowest BCUT2D eigenvalue weighted by atomic mass is 10.2. The second-order valence-electron chi connectivity index (χ2n) is 3.42. The summed E-state index contributed by atoms with van der Waals surface area (Å²) in [7, 11) is -4.08. The highest BCUT2D eigenvalue weighted by atomic mass is 35.5. The molecular formula is C10H10ClFN2O3S. The van der Waals surface area contributed by atoms with E-state index in [0.717, 1.165) is 18.2 Å². The highest BCUT2D eigenvalue weighted by Gasteiger charge is 2.14. The van der Waals surface area contributed by atoms with Crippen LogP contribution in [0.3, 0.4) is 0 Å². The van der Waals surface area contributed by atoms with Crippen LogP contribution < -0.4 is 10.5 Å². The number of rotatable bonds is 4. The third-order valence-electron chi connectivity index (χ3n) is 1.90. The molecule has 1 rings (SSSR count). The second kappa shape index (κ2) is 5.47. The van der Waals surface area contributed by atoms with E-state index in [-0.39, 0.29) is 17.1 Å². The van der Waals surface area contributed by atoms with Gasteiger partial charge in [-0.15, -0.1) is 0 Å². The molecule has 0 atom stereocenters. The van der Waals surface area contributed by atoms with Crippen LogP contribution in [0, 0.1) is 5.82 Å². The Labute approximate surface area is 108 Å². The molecule has 0 unspecified atom stereocenters.